The maximum atomic E-state index is 12.6. The number of likely N-dealkylation sites (tertiary alicyclic amines) is 1. The minimum absolute atomic E-state index is 0.0230. The number of carboxylic acid groups (broad SMARTS) is 1. The van der Waals surface area contributed by atoms with Crippen molar-refractivity contribution in [2.45, 2.75) is 17.9 Å². The van der Waals surface area contributed by atoms with E-state index in [-0.39, 0.29) is 38.6 Å². The number of carbonyl (C=O) groups is 3. The Hall–Kier alpha value is -3.81. The zero-order valence-electron chi connectivity index (χ0n) is 17.5. The number of ether oxygens (including phenoxy) is 2. The number of fused-ring (bicyclic) bond motifs is 3. The lowest BCUT2D eigenvalue weighted by molar-refractivity contribution is -0.144. The van der Waals surface area contributed by atoms with Crippen LogP contribution < -0.4 is 5.32 Å². The van der Waals surface area contributed by atoms with Gasteiger partial charge in [0.2, 0.25) is 0 Å². The summed E-state index contributed by atoms with van der Waals surface area (Å²) in [6.45, 7) is 3.51. The lowest BCUT2D eigenvalue weighted by Crippen LogP contribution is -2.56. The molecule has 8 nitrogen and oxygen atoms in total. The van der Waals surface area contributed by atoms with Crippen LogP contribution in [0.25, 0.3) is 11.1 Å². The molecule has 32 heavy (non-hydrogen) atoms. The van der Waals surface area contributed by atoms with Crippen molar-refractivity contribution in [2.24, 2.45) is 0 Å². The molecule has 0 unspecified atom stereocenters. The van der Waals surface area contributed by atoms with E-state index in [0.29, 0.717) is 0 Å². The maximum absolute atomic E-state index is 12.6. The second-order valence-electron chi connectivity index (χ2n) is 7.87. The molecule has 1 aliphatic heterocycles. The van der Waals surface area contributed by atoms with E-state index in [1.807, 2.05) is 48.5 Å². The van der Waals surface area contributed by atoms with E-state index in [1.54, 1.807) is 0 Å². The SMILES string of the molecule is C=CCOC(=O)N1CC[C@@](NC(=O)OCC2c3ccccc3-c3ccccc32)(C(=O)O)C1. The number of amides is 2. The molecular formula is C24H24N2O6. The zero-order valence-corrected chi connectivity index (χ0v) is 17.5. The van der Waals surface area contributed by atoms with Gasteiger partial charge >= 0.3 is 18.2 Å². The van der Waals surface area contributed by atoms with Crippen LogP contribution in [0.15, 0.2) is 61.2 Å². The molecule has 2 amide bonds. The van der Waals surface area contributed by atoms with E-state index in [4.69, 9.17) is 9.47 Å². The number of aliphatic carboxylic acids is 1. The highest BCUT2D eigenvalue weighted by molar-refractivity contribution is 5.86. The number of hydrogen-bond donors (Lipinski definition) is 2. The van der Waals surface area contributed by atoms with Crippen LogP contribution in [0.3, 0.4) is 0 Å². The molecule has 1 atom stereocenters. The predicted octanol–water partition coefficient (Wildman–Crippen LogP) is 3.38. The van der Waals surface area contributed by atoms with Gasteiger partial charge in [-0.2, -0.15) is 0 Å². The number of alkyl carbamates (subject to hydrolysis) is 1. The van der Waals surface area contributed by atoms with Gasteiger partial charge in [-0.1, -0.05) is 61.2 Å². The first kappa shape index (κ1) is 21.4. The molecule has 4 rings (SSSR count). The summed E-state index contributed by atoms with van der Waals surface area (Å²) in [6, 6.07) is 15.9. The highest BCUT2D eigenvalue weighted by Gasteiger charge is 2.48. The third-order valence-corrected chi connectivity index (χ3v) is 5.95. The average Bonchev–Trinajstić information content (AvgIpc) is 3.37. The number of carbonyl (C=O) groups excluding carboxylic acids is 2. The van der Waals surface area contributed by atoms with Gasteiger partial charge in [0.05, 0.1) is 6.54 Å². The van der Waals surface area contributed by atoms with Crippen molar-refractivity contribution in [1.82, 2.24) is 10.2 Å². The molecule has 0 spiro atoms. The molecular weight excluding hydrogens is 412 g/mol. The molecule has 0 radical (unpaired) electrons. The second-order valence-corrected chi connectivity index (χ2v) is 7.87. The summed E-state index contributed by atoms with van der Waals surface area (Å²) in [5.41, 5.74) is 2.69. The summed E-state index contributed by atoms with van der Waals surface area (Å²) in [6.07, 6.45) is -0.0128. The summed E-state index contributed by atoms with van der Waals surface area (Å²) in [5, 5.41) is 12.2. The van der Waals surface area contributed by atoms with Crippen LogP contribution in [0.2, 0.25) is 0 Å². The van der Waals surface area contributed by atoms with Crippen LogP contribution in [0.4, 0.5) is 9.59 Å². The Balaban J connectivity index is 1.43. The van der Waals surface area contributed by atoms with Crippen molar-refractivity contribution < 1.29 is 29.0 Å². The van der Waals surface area contributed by atoms with Gasteiger partial charge in [0.25, 0.3) is 0 Å². The normalized spacial score (nSPS) is 19.1. The summed E-state index contributed by atoms with van der Waals surface area (Å²) in [5.74, 6) is -1.37. The van der Waals surface area contributed by atoms with Gasteiger partial charge in [-0.15, -0.1) is 0 Å². The van der Waals surface area contributed by atoms with Gasteiger partial charge in [0.1, 0.15) is 13.2 Å². The summed E-state index contributed by atoms with van der Waals surface area (Å²) < 4.78 is 10.4. The monoisotopic (exact) mass is 436 g/mol. The van der Waals surface area contributed by atoms with Gasteiger partial charge < -0.3 is 24.8 Å². The van der Waals surface area contributed by atoms with Crippen molar-refractivity contribution in [3.8, 4) is 11.1 Å². The minimum atomic E-state index is -1.63. The number of nitrogens with zero attached hydrogens (tertiary/aromatic N) is 1. The number of hydrogen-bond acceptors (Lipinski definition) is 5. The third kappa shape index (κ3) is 3.91. The predicted molar refractivity (Wildman–Crippen MR) is 116 cm³/mol. The fourth-order valence-corrected chi connectivity index (χ4v) is 4.35. The standard InChI is InChI=1S/C24H24N2O6/c1-2-13-31-23(30)26-12-11-24(15-26,21(27)28)25-22(29)32-14-20-18-9-5-3-7-16(18)17-8-4-6-10-19(17)20/h2-10,20H,1,11-15H2,(H,25,29)(H,27,28)/t24-/m0/s1. The topological polar surface area (TPSA) is 105 Å². The largest absolute Gasteiger partial charge is 0.479 e. The fraction of sp³-hybridized carbons (Fsp3) is 0.292. The number of rotatable bonds is 6. The van der Waals surface area contributed by atoms with Crippen molar-refractivity contribution in [3.63, 3.8) is 0 Å². The molecule has 0 saturated carbocycles. The van der Waals surface area contributed by atoms with Crippen molar-refractivity contribution in [3.05, 3.63) is 72.3 Å². The Morgan fingerprint density at radius 3 is 2.31 bits per heavy atom. The molecule has 0 bridgehead atoms. The van der Waals surface area contributed by atoms with Gasteiger partial charge in [-0.3, -0.25) is 0 Å². The quantitative estimate of drug-likeness (QED) is 0.673. The smallest absolute Gasteiger partial charge is 0.410 e. The Kier molecular flexibility index (Phi) is 5.85. The van der Waals surface area contributed by atoms with Gasteiger partial charge in [-0.25, -0.2) is 14.4 Å². The fourth-order valence-electron chi connectivity index (χ4n) is 4.35. The van der Waals surface area contributed by atoms with E-state index in [1.165, 1.54) is 11.0 Å². The number of nitrogens with one attached hydrogen (secondary N) is 1. The number of benzene rings is 2. The second kappa shape index (κ2) is 8.74. The Morgan fingerprint density at radius 1 is 1.09 bits per heavy atom. The van der Waals surface area contributed by atoms with Crippen molar-refractivity contribution >= 4 is 18.2 Å². The van der Waals surface area contributed by atoms with Crippen LogP contribution >= 0.6 is 0 Å². The molecule has 2 aromatic rings. The highest BCUT2D eigenvalue weighted by Crippen LogP contribution is 2.44. The van der Waals surface area contributed by atoms with Crippen LogP contribution in [-0.2, 0) is 14.3 Å². The molecule has 2 N–H and O–H groups in total. The summed E-state index contributed by atoms with van der Waals surface area (Å²) in [7, 11) is 0. The van der Waals surface area contributed by atoms with Crippen LogP contribution in [0.1, 0.15) is 23.5 Å². The van der Waals surface area contributed by atoms with Crippen molar-refractivity contribution in [1.29, 1.82) is 0 Å². The first-order valence-electron chi connectivity index (χ1n) is 10.3. The third-order valence-electron chi connectivity index (χ3n) is 5.95. The Bertz CT molecular complexity index is 1020. The Labute approximate surface area is 185 Å². The van der Waals surface area contributed by atoms with Crippen LogP contribution in [-0.4, -0.2) is 60.0 Å². The van der Waals surface area contributed by atoms with Crippen LogP contribution in [0.5, 0.6) is 0 Å². The minimum Gasteiger partial charge on any atom is -0.479 e. The lowest BCUT2D eigenvalue weighted by Gasteiger charge is -2.26. The van der Waals surface area contributed by atoms with Crippen molar-refractivity contribution in [2.75, 3.05) is 26.3 Å². The molecule has 1 saturated heterocycles. The lowest BCUT2D eigenvalue weighted by atomic mass is 9.98. The van der Waals surface area contributed by atoms with E-state index in [0.717, 1.165) is 22.3 Å². The maximum Gasteiger partial charge on any atom is 0.410 e. The Morgan fingerprint density at radius 2 is 1.72 bits per heavy atom. The van der Waals surface area contributed by atoms with Gasteiger partial charge in [0, 0.05) is 18.9 Å². The average molecular weight is 436 g/mol. The zero-order chi connectivity index (χ0) is 22.7. The van der Waals surface area contributed by atoms with Gasteiger partial charge in [0.15, 0.2) is 5.54 Å². The van der Waals surface area contributed by atoms with Crippen LogP contribution in [0, 0.1) is 0 Å². The van der Waals surface area contributed by atoms with E-state index < -0.39 is 23.7 Å². The van der Waals surface area contributed by atoms with E-state index in [9.17, 15) is 19.5 Å². The molecule has 8 heteroatoms. The summed E-state index contributed by atoms with van der Waals surface area (Å²) >= 11 is 0. The molecule has 1 aliphatic carbocycles. The summed E-state index contributed by atoms with van der Waals surface area (Å²) in [4.78, 5) is 37.9. The molecule has 1 fully saturated rings. The first-order chi connectivity index (χ1) is 15.4. The molecule has 0 aromatic heterocycles. The van der Waals surface area contributed by atoms with Gasteiger partial charge in [-0.05, 0) is 22.3 Å². The molecule has 166 valence electrons. The van der Waals surface area contributed by atoms with E-state index >= 15 is 0 Å². The molecule has 2 aliphatic rings. The molecule has 2 aromatic carbocycles. The number of carboxylic acids is 1. The van der Waals surface area contributed by atoms with E-state index in [2.05, 4.69) is 11.9 Å². The first-order valence-corrected chi connectivity index (χ1v) is 10.3. The molecule has 1 heterocycles. The highest BCUT2D eigenvalue weighted by atomic mass is 16.6.